The van der Waals surface area contributed by atoms with Crippen LogP contribution in [-0.2, 0) is 12.8 Å². The Morgan fingerprint density at radius 2 is 0.578 bits per heavy atom. The molecule has 10 aliphatic rings. The smallest absolute Gasteiger partial charge is 0.233 e. The van der Waals surface area contributed by atoms with E-state index in [0.717, 1.165) is 153 Å². The van der Waals surface area contributed by atoms with Crippen LogP contribution < -0.4 is 51.1 Å². The average Bonchev–Trinajstić information content (AvgIpc) is 1.70. The summed E-state index contributed by atoms with van der Waals surface area (Å²) in [6.07, 6.45) is 27.0. The summed E-state index contributed by atoms with van der Waals surface area (Å²) in [5.74, 6) is 10.8. The normalized spacial score (nSPS) is 19.0. The number of aromatic nitrogens is 25. The number of H-pyrrole nitrogens is 5. The number of nitrogens with one attached hydrogen (secondary N) is 10. The molecule has 0 radical (unpaired) electrons. The zero-order valence-electron chi connectivity index (χ0n) is 81.5. The van der Waals surface area contributed by atoms with Crippen molar-refractivity contribution in [3.63, 3.8) is 0 Å². The molecule has 0 spiro atoms. The zero-order chi connectivity index (χ0) is 101. The van der Waals surface area contributed by atoms with Crippen molar-refractivity contribution in [1.29, 1.82) is 0 Å². The van der Waals surface area contributed by atoms with Gasteiger partial charge >= 0.3 is 0 Å². The van der Waals surface area contributed by atoms with Gasteiger partial charge in [0.05, 0.1) is 30.2 Å². The Kier molecular flexibility index (Phi) is 29.6. The monoisotopic (exact) mass is 2060 g/mol. The molecule has 15 heterocycles. The second-order valence-corrected chi connectivity index (χ2v) is 41.1. The molecule has 5 saturated heterocycles. The van der Waals surface area contributed by atoms with Crippen LogP contribution in [0.5, 0.6) is 0 Å². The molecule has 10 aromatic heterocycles. The van der Waals surface area contributed by atoms with Gasteiger partial charge in [0, 0.05) is 178 Å². The van der Waals surface area contributed by atoms with Gasteiger partial charge in [0.15, 0.2) is 29.1 Å². The Balaban J connectivity index is 0.000000108. The molecule has 35 nitrogen and oxygen atoms in total. The first-order valence-electron chi connectivity index (χ1n) is 50.6. The molecule has 5 aliphatic heterocycles. The van der Waals surface area contributed by atoms with E-state index in [1.165, 1.54) is 137 Å². The first-order chi connectivity index (χ1) is 71.5. The van der Waals surface area contributed by atoms with Crippen molar-refractivity contribution in [2.75, 3.05) is 83.8 Å². The molecule has 5 aromatic carbocycles. The summed E-state index contributed by atoms with van der Waals surface area (Å²) >= 11 is 18.3. The minimum Gasteiger partial charge on any atom is -0.334 e. The topological polar surface area (TPSA) is 413 Å². The lowest BCUT2D eigenvalue weighted by atomic mass is 10.0. The van der Waals surface area contributed by atoms with Crippen LogP contribution in [-0.4, -0.2) is 158 Å². The van der Waals surface area contributed by atoms with E-state index < -0.39 is 23.3 Å². The van der Waals surface area contributed by atoms with Gasteiger partial charge < -0.3 is 51.1 Å². The maximum atomic E-state index is 14.5. The zero-order valence-corrected chi connectivity index (χ0v) is 83.7. The van der Waals surface area contributed by atoms with E-state index in [2.05, 4.69) is 193 Å². The molecule has 15 aromatic rings. The molecule has 25 rings (SSSR count). The number of aromatic amines is 5. The number of hydrogen-bond acceptors (Lipinski definition) is 30. The van der Waals surface area contributed by atoms with E-state index in [4.69, 9.17) is 49.8 Å². The summed E-state index contributed by atoms with van der Waals surface area (Å²) in [6.45, 7) is 12.4. The lowest BCUT2D eigenvalue weighted by Crippen LogP contribution is -2.26. The fraction of sp³-hybridized carbons (Fsp3) is 0.417. The van der Waals surface area contributed by atoms with Crippen LogP contribution in [0, 0.1) is 46.7 Å². The predicted molar refractivity (Wildman–Crippen MR) is 549 cm³/mol. The molecule has 5 atom stereocenters. The van der Waals surface area contributed by atoms with Crippen LogP contribution in [0.2, 0.25) is 15.1 Å². The third-order valence-corrected chi connectivity index (χ3v) is 28.4. The number of hydrogen-bond donors (Lipinski definition) is 10. The van der Waals surface area contributed by atoms with Gasteiger partial charge in [-0.1, -0.05) is 98.9 Å². The highest BCUT2D eigenvalue weighted by Crippen LogP contribution is 2.48. The van der Waals surface area contributed by atoms with Gasteiger partial charge in [-0.2, -0.15) is 70.3 Å². The Morgan fingerprint density at radius 3 is 0.905 bits per heavy atom. The molecular formula is C103H112Cl3F6N35. The van der Waals surface area contributed by atoms with Gasteiger partial charge in [-0.3, -0.25) is 25.5 Å². The molecule has 5 aliphatic carbocycles. The number of benzene rings is 5. The second kappa shape index (κ2) is 44.1. The van der Waals surface area contributed by atoms with E-state index in [0.29, 0.717) is 170 Å². The number of rotatable bonds is 29. The van der Waals surface area contributed by atoms with Crippen LogP contribution in [0.4, 0.5) is 115 Å². The van der Waals surface area contributed by atoms with Crippen molar-refractivity contribution >= 4 is 123 Å². The fourth-order valence-electron chi connectivity index (χ4n) is 19.6. The summed E-state index contributed by atoms with van der Waals surface area (Å²) in [5, 5.41) is 54.3. The standard InChI is InChI=1S/C23H28ClN7.C23H27F2N7.2C19H19ClFN7.C19H19F2N7/c1-14(2)12-20-25-22(26-21-13-18(29-30-21)15-5-6-15)28-23(27-20)31-11-3-4-19(31)16-7-9-17(24)10-8-16;1-13(2)10-20-26-22(27-21-12-18(30-31-21)14-5-6-14)29-23(28-20)32-9-3-4-19(32)16-8-7-15(24)11-17(16)25;20-14-8-12(21)5-6-13(14)16-2-1-7-28(16)19-23-10-22-18(25-19)24-17-9-15(26-27-17)11-3-4-11;2*20-12-5-6-13(14(21)8-12)16-2-1-7-28(16)19-23-10-22-18(25-19)24-17-9-15(26-27-17)11-3-4-11/h7-10,13-15,19H,3-6,11-12H2,1-2H3,(H2,25,26,27,28,29,30);7-8,11-14,19H,3-6,9-10H2,1-2H3,(H2,26,27,28,29,30,31);3*5-6,8-11,16H,1-4,7H2,(H2,22,23,24,25,26,27). The van der Waals surface area contributed by atoms with E-state index in [1.54, 1.807) is 18.2 Å². The number of nitrogens with zero attached hydrogens (tertiary/aromatic N) is 25. The van der Waals surface area contributed by atoms with E-state index in [-0.39, 0.29) is 41.8 Å². The average molecular weight is 2060 g/mol. The summed E-state index contributed by atoms with van der Waals surface area (Å²) in [7, 11) is 0. The van der Waals surface area contributed by atoms with Crippen LogP contribution in [0.1, 0.15) is 284 Å². The predicted octanol–water partition coefficient (Wildman–Crippen LogP) is 23.0. The minimum absolute atomic E-state index is 0.00945. The number of anilines is 15. The molecule has 10 fully saturated rings. The first kappa shape index (κ1) is 98.7. The summed E-state index contributed by atoms with van der Waals surface area (Å²) in [5.41, 5.74) is 9.34. The lowest BCUT2D eigenvalue weighted by molar-refractivity contribution is 0.551. The van der Waals surface area contributed by atoms with Crippen LogP contribution in [0.25, 0.3) is 0 Å². The molecule has 44 heteroatoms. The van der Waals surface area contributed by atoms with Crippen molar-refractivity contribution in [2.45, 2.75) is 229 Å². The maximum Gasteiger partial charge on any atom is 0.233 e. The van der Waals surface area contributed by atoms with Crippen molar-refractivity contribution in [3.05, 3.63) is 264 Å². The van der Waals surface area contributed by atoms with E-state index in [1.807, 2.05) is 51.1 Å². The third-order valence-electron chi connectivity index (χ3n) is 27.6. The first-order valence-corrected chi connectivity index (χ1v) is 51.7. The Hall–Kier alpha value is -14.4. The third kappa shape index (κ3) is 24.6. The molecule has 5 unspecified atom stereocenters. The highest BCUT2D eigenvalue weighted by atomic mass is 35.5. The number of halogens is 9. The summed E-state index contributed by atoms with van der Waals surface area (Å²) in [6, 6.07) is 34.6. The van der Waals surface area contributed by atoms with Gasteiger partial charge in [-0.25, -0.2) is 56.2 Å². The van der Waals surface area contributed by atoms with Crippen LogP contribution in [0.15, 0.2) is 146 Å². The fourth-order valence-corrected chi connectivity index (χ4v) is 20.2. The Morgan fingerprint density at radius 1 is 0.293 bits per heavy atom. The molecule has 0 amide bonds. The molecule has 147 heavy (non-hydrogen) atoms. The van der Waals surface area contributed by atoms with Crippen molar-refractivity contribution < 1.29 is 26.3 Å². The highest BCUT2D eigenvalue weighted by Gasteiger charge is 2.39. The van der Waals surface area contributed by atoms with Gasteiger partial charge in [0.25, 0.3) is 0 Å². The molecule has 5 saturated carbocycles. The van der Waals surface area contributed by atoms with Gasteiger partial charge in [-0.15, -0.1) is 0 Å². The Labute approximate surface area is 859 Å². The largest absolute Gasteiger partial charge is 0.334 e. The van der Waals surface area contributed by atoms with Gasteiger partial charge in [0.1, 0.15) is 65.5 Å². The van der Waals surface area contributed by atoms with E-state index >= 15 is 0 Å². The lowest BCUT2D eigenvalue weighted by Gasteiger charge is -2.26. The van der Waals surface area contributed by atoms with Crippen molar-refractivity contribution in [3.8, 4) is 0 Å². The molecule has 762 valence electrons. The van der Waals surface area contributed by atoms with Crippen molar-refractivity contribution in [2.24, 2.45) is 11.8 Å². The maximum absolute atomic E-state index is 14.5. The van der Waals surface area contributed by atoms with Crippen LogP contribution in [0.3, 0.4) is 0 Å². The molecule has 0 bridgehead atoms. The van der Waals surface area contributed by atoms with Crippen molar-refractivity contribution in [1.82, 2.24) is 126 Å². The SMILES string of the molecule is CC(C)Cc1nc(Nc2cc(C3CC3)[nH]n2)nc(N2CCCC2c2ccc(Cl)cc2)n1.CC(C)Cc1nc(Nc2cc(C3CC3)[nH]n2)nc(N2CCCC2c2ccc(F)cc2F)n1.Fc1cc(Cl)ccc1C1CCCN1c1ncnc(Nc2cc(C3CC3)[nH]n2)n1.Fc1ccc(C2CCCN2c2ncnc(Nc3cc(C4CC4)[nH]n3)n2)c(Cl)c1.Fc1ccc(C2CCCN2c2ncnc(Nc3cc(C4CC4)[nH]n3)n2)c(F)c1. The minimum atomic E-state index is -0.581. The molecular weight excluding hydrogens is 1950 g/mol. The second-order valence-electron chi connectivity index (χ2n) is 39.8. The van der Waals surface area contributed by atoms with Gasteiger partial charge in [-0.05, 0) is 200 Å². The van der Waals surface area contributed by atoms with E-state index in [9.17, 15) is 26.3 Å². The molecule has 10 N–H and O–H groups in total. The quantitative estimate of drug-likeness (QED) is 0.0195. The highest BCUT2D eigenvalue weighted by molar-refractivity contribution is 6.31. The summed E-state index contributed by atoms with van der Waals surface area (Å²) in [4.78, 5) is 77.7. The van der Waals surface area contributed by atoms with Crippen LogP contribution >= 0.6 is 34.8 Å². The summed E-state index contributed by atoms with van der Waals surface area (Å²) < 4.78 is 83.4. The Bertz CT molecular complexity index is 6700. The van der Waals surface area contributed by atoms with Gasteiger partial charge in [0.2, 0.25) is 59.5 Å².